The van der Waals surface area contributed by atoms with Crippen molar-refractivity contribution in [2.75, 3.05) is 25.6 Å². The summed E-state index contributed by atoms with van der Waals surface area (Å²) in [5.74, 6) is 2.42. The molecule has 5 nitrogen and oxygen atoms in total. The molecule has 1 N–H and O–H groups in total. The van der Waals surface area contributed by atoms with Gasteiger partial charge in [-0.25, -0.2) is 0 Å². The molecule has 0 atom stereocenters. The Morgan fingerprint density at radius 3 is 2.69 bits per heavy atom. The van der Waals surface area contributed by atoms with Crippen LogP contribution < -0.4 is 19.5 Å². The number of nitrogens with one attached hydrogen (secondary N) is 1. The zero-order valence-electron chi connectivity index (χ0n) is 14.7. The summed E-state index contributed by atoms with van der Waals surface area (Å²) in [6, 6.07) is 14.4. The van der Waals surface area contributed by atoms with Gasteiger partial charge in [0.15, 0.2) is 16.6 Å². The number of thiocarbonyl (C=S) groups is 1. The highest BCUT2D eigenvalue weighted by molar-refractivity contribution is 7.80. The summed E-state index contributed by atoms with van der Waals surface area (Å²) in [6.45, 7) is 1.89. The molecule has 0 spiro atoms. The number of nitrogens with zero attached hydrogens (tertiary/aromatic N) is 1. The van der Waals surface area contributed by atoms with Crippen molar-refractivity contribution in [1.82, 2.24) is 4.90 Å². The molecule has 1 heterocycles. The normalized spacial score (nSPS) is 15.3. The van der Waals surface area contributed by atoms with E-state index in [2.05, 4.69) is 16.3 Å². The van der Waals surface area contributed by atoms with Gasteiger partial charge in [0, 0.05) is 29.9 Å². The third-order valence-corrected chi connectivity index (χ3v) is 4.91. The molecule has 2 aromatic rings. The Morgan fingerprint density at radius 2 is 1.92 bits per heavy atom. The minimum Gasteiger partial charge on any atom is -0.496 e. The van der Waals surface area contributed by atoms with Crippen molar-refractivity contribution in [2.24, 2.45) is 0 Å². The van der Waals surface area contributed by atoms with Gasteiger partial charge < -0.3 is 24.4 Å². The molecule has 0 saturated heterocycles. The van der Waals surface area contributed by atoms with Crippen molar-refractivity contribution >= 4 is 23.0 Å². The highest BCUT2D eigenvalue weighted by Gasteiger charge is 2.31. The Bertz CT molecular complexity index is 807. The Morgan fingerprint density at radius 1 is 1.15 bits per heavy atom. The van der Waals surface area contributed by atoms with Crippen molar-refractivity contribution in [3.05, 3.63) is 48.0 Å². The maximum Gasteiger partial charge on any atom is 0.173 e. The minimum atomic E-state index is 0.483. The smallest absolute Gasteiger partial charge is 0.173 e. The van der Waals surface area contributed by atoms with E-state index in [9.17, 15) is 0 Å². The Balaban J connectivity index is 1.49. The van der Waals surface area contributed by atoms with E-state index in [4.69, 9.17) is 26.4 Å². The van der Waals surface area contributed by atoms with E-state index < -0.39 is 0 Å². The third kappa shape index (κ3) is 3.70. The van der Waals surface area contributed by atoms with Crippen LogP contribution >= 0.6 is 12.2 Å². The van der Waals surface area contributed by atoms with E-state index in [0.717, 1.165) is 53.0 Å². The third-order valence-electron chi connectivity index (χ3n) is 4.58. The largest absolute Gasteiger partial charge is 0.496 e. The number of fused-ring (bicyclic) bond motifs is 1. The van der Waals surface area contributed by atoms with Crippen molar-refractivity contribution in [1.29, 1.82) is 0 Å². The maximum atomic E-state index is 5.71. The van der Waals surface area contributed by atoms with Crippen molar-refractivity contribution < 1.29 is 14.2 Å². The summed E-state index contributed by atoms with van der Waals surface area (Å²) < 4.78 is 16.7. The molecule has 1 aliphatic heterocycles. The van der Waals surface area contributed by atoms with Crippen molar-refractivity contribution in [3.8, 4) is 17.2 Å². The highest BCUT2D eigenvalue weighted by atomic mass is 32.1. The molecule has 2 aliphatic rings. The Labute approximate surface area is 158 Å². The first-order chi connectivity index (χ1) is 12.7. The van der Waals surface area contributed by atoms with E-state index in [1.165, 1.54) is 0 Å². The van der Waals surface area contributed by atoms with E-state index in [1.807, 2.05) is 36.4 Å². The van der Waals surface area contributed by atoms with Crippen LogP contribution in [0.25, 0.3) is 0 Å². The van der Waals surface area contributed by atoms with E-state index >= 15 is 0 Å². The number of ether oxygens (including phenoxy) is 3. The van der Waals surface area contributed by atoms with Crippen LogP contribution in [0.3, 0.4) is 0 Å². The zero-order valence-corrected chi connectivity index (χ0v) is 15.6. The second-order valence-corrected chi connectivity index (χ2v) is 6.85. The zero-order chi connectivity index (χ0) is 17.9. The minimum absolute atomic E-state index is 0.483. The van der Waals surface area contributed by atoms with Gasteiger partial charge in [-0.3, -0.25) is 0 Å². The second kappa shape index (κ2) is 7.41. The first-order valence-electron chi connectivity index (χ1n) is 8.84. The van der Waals surface area contributed by atoms with Crippen LogP contribution in [-0.2, 0) is 6.54 Å². The van der Waals surface area contributed by atoms with Gasteiger partial charge in [0.2, 0.25) is 0 Å². The fourth-order valence-corrected chi connectivity index (χ4v) is 3.42. The molecule has 1 saturated carbocycles. The predicted molar refractivity (Wildman–Crippen MR) is 105 cm³/mol. The topological polar surface area (TPSA) is 43.0 Å². The molecule has 0 radical (unpaired) electrons. The van der Waals surface area contributed by atoms with Crippen LogP contribution in [0.15, 0.2) is 42.5 Å². The predicted octanol–water partition coefficient (Wildman–Crippen LogP) is 3.83. The first-order valence-corrected chi connectivity index (χ1v) is 9.24. The molecule has 0 aromatic heterocycles. The van der Waals surface area contributed by atoms with Gasteiger partial charge in [0.05, 0.1) is 7.11 Å². The van der Waals surface area contributed by atoms with Gasteiger partial charge in [0.1, 0.15) is 19.0 Å². The fourth-order valence-electron chi connectivity index (χ4n) is 3.09. The Kier molecular flexibility index (Phi) is 4.84. The molecule has 4 rings (SSSR count). The van der Waals surface area contributed by atoms with Crippen LogP contribution in [-0.4, -0.2) is 36.4 Å². The van der Waals surface area contributed by atoms with Gasteiger partial charge in [-0.2, -0.15) is 0 Å². The van der Waals surface area contributed by atoms with Gasteiger partial charge in [-0.15, -0.1) is 0 Å². The van der Waals surface area contributed by atoms with Crippen molar-refractivity contribution in [3.63, 3.8) is 0 Å². The van der Waals surface area contributed by atoms with Crippen molar-refractivity contribution in [2.45, 2.75) is 25.4 Å². The van der Waals surface area contributed by atoms with Crippen LogP contribution in [0.4, 0.5) is 5.69 Å². The number of benzene rings is 2. The Hall–Kier alpha value is -2.47. The first kappa shape index (κ1) is 17.0. The average molecular weight is 370 g/mol. The number of anilines is 1. The van der Waals surface area contributed by atoms with E-state index in [0.29, 0.717) is 19.3 Å². The number of para-hydroxylation sites is 1. The maximum absolute atomic E-state index is 5.71. The molecule has 0 amide bonds. The lowest BCUT2D eigenvalue weighted by atomic mass is 10.2. The monoisotopic (exact) mass is 370 g/mol. The highest BCUT2D eigenvalue weighted by Crippen LogP contribution is 2.34. The summed E-state index contributed by atoms with van der Waals surface area (Å²) in [6.07, 6.45) is 2.33. The van der Waals surface area contributed by atoms with Gasteiger partial charge in [-0.1, -0.05) is 18.2 Å². The van der Waals surface area contributed by atoms with E-state index in [1.54, 1.807) is 7.11 Å². The lowest BCUT2D eigenvalue weighted by Crippen LogP contribution is -2.36. The molecular formula is C20H22N2O3S. The summed E-state index contributed by atoms with van der Waals surface area (Å²) in [5, 5.41) is 4.07. The fraction of sp³-hybridized carbons (Fsp3) is 0.350. The molecule has 6 heteroatoms. The summed E-state index contributed by atoms with van der Waals surface area (Å²) in [4.78, 5) is 2.24. The van der Waals surface area contributed by atoms with Crippen LogP contribution in [0.2, 0.25) is 0 Å². The SMILES string of the molecule is COc1ccccc1CN(C(=S)Nc1ccc2c(c1)OCCO2)C1CC1. The molecule has 0 bridgehead atoms. The number of hydrogen-bond donors (Lipinski definition) is 1. The van der Waals surface area contributed by atoms with Gasteiger partial charge in [-0.05, 0) is 43.3 Å². The average Bonchev–Trinajstić information content (AvgIpc) is 3.51. The standard InChI is InChI=1S/C20H22N2O3S/c1-23-17-5-3-2-4-14(17)13-22(16-7-8-16)20(26)21-15-6-9-18-19(12-15)25-11-10-24-18/h2-6,9,12,16H,7-8,10-11,13H2,1H3,(H,21,26). The number of rotatable bonds is 5. The molecule has 1 fully saturated rings. The van der Waals surface area contributed by atoms with E-state index in [-0.39, 0.29) is 0 Å². The van der Waals surface area contributed by atoms with Gasteiger partial charge >= 0.3 is 0 Å². The lowest BCUT2D eigenvalue weighted by Gasteiger charge is -2.27. The molecule has 0 unspecified atom stereocenters. The molecule has 136 valence electrons. The summed E-state index contributed by atoms with van der Waals surface area (Å²) in [7, 11) is 1.70. The molecule has 26 heavy (non-hydrogen) atoms. The molecule has 1 aliphatic carbocycles. The quantitative estimate of drug-likeness (QED) is 0.807. The number of methoxy groups -OCH3 is 1. The molecule has 2 aromatic carbocycles. The lowest BCUT2D eigenvalue weighted by molar-refractivity contribution is 0.171. The van der Waals surface area contributed by atoms with Gasteiger partial charge in [0.25, 0.3) is 0 Å². The second-order valence-electron chi connectivity index (χ2n) is 6.46. The summed E-state index contributed by atoms with van der Waals surface area (Å²) in [5.41, 5.74) is 2.04. The molecular weight excluding hydrogens is 348 g/mol. The van der Waals surface area contributed by atoms with Crippen LogP contribution in [0.1, 0.15) is 18.4 Å². The summed E-state index contributed by atoms with van der Waals surface area (Å²) >= 11 is 5.71. The van der Waals surface area contributed by atoms with Crippen LogP contribution in [0.5, 0.6) is 17.2 Å². The van der Waals surface area contributed by atoms with Crippen LogP contribution in [0, 0.1) is 0 Å². The number of hydrogen-bond acceptors (Lipinski definition) is 4.